The summed E-state index contributed by atoms with van der Waals surface area (Å²) in [6.45, 7) is 2.79. The minimum absolute atomic E-state index is 0.0394. The van der Waals surface area contributed by atoms with Gasteiger partial charge in [-0.2, -0.15) is 5.26 Å². The van der Waals surface area contributed by atoms with Gasteiger partial charge in [0, 0.05) is 18.1 Å². The number of carbonyl (C=O) groups excluding carboxylic acids is 1. The van der Waals surface area contributed by atoms with Crippen LogP contribution in [0.4, 0.5) is 4.39 Å². The van der Waals surface area contributed by atoms with E-state index < -0.39 is 6.04 Å². The van der Waals surface area contributed by atoms with Gasteiger partial charge in [0.1, 0.15) is 11.9 Å². The van der Waals surface area contributed by atoms with Crippen molar-refractivity contribution in [3.8, 4) is 6.07 Å². The van der Waals surface area contributed by atoms with Crippen molar-refractivity contribution in [3.05, 3.63) is 41.2 Å². The number of nitrogens with zero attached hydrogens (tertiary/aromatic N) is 1. The molecule has 0 spiro atoms. The van der Waals surface area contributed by atoms with Crippen LogP contribution in [0.2, 0.25) is 0 Å². The Kier molecular flexibility index (Phi) is 5.07. The van der Waals surface area contributed by atoms with E-state index >= 15 is 0 Å². The van der Waals surface area contributed by atoms with Crippen molar-refractivity contribution in [1.82, 2.24) is 5.32 Å². The van der Waals surface area contributed by atoms with Crippen molar-refractivity contribution in [2.24, 2.45) is 5.92 Å². The number of benzene rings is 1. The fraction of sp³-hybridized carbons (Fsp3) is 0.375. The van der Waals surface area contributed by atoms with Gasteiger partial charge in [-0.25, -0.2) is 4.39 Å². The maximum absolute atomic E-state index is 12.8. The second-order valence-corrected chi connectivity index (χ2v) is 5.08. The number of nitrogens with one attached hydrogen (secondary N) is 1. The highest BCUT2D eigenvalue weighted by atomic mass is 19.1. The van der Waals surface area contributed by atoms with Gasteiger partial charge >= 0.3 is 0 Å². The zero-order valence-corrected chi connectivity index (χ0v) is 11.8. The maximum Gasteiger partial charge on any atom is 0.247 e. The van der Waals surface area contributed by atoms with E-state index in [1.165, 1.54) is 12.1 Å². The van der Waals surface area contributed by atoms with E-state index in [-0.39, 0.29) is 17.6 Å². The van der Waals surface area contributed by atoms with Crippen LogP contribution < -0.4 is 5.32 Å². The van der Waals surface area contributed by atoms with Gasteiger partial charge in [0.05, 0.1) is 12.7 Å². The Morgan fingerprint density at radius 1 is 1.52 bits per heavy atom. The van der Waals surface area contributed by atoms with Crippen molar-refractivity contribution in [1.29, 1.82) is 5.26 Å². The van der Waals surface area contributed by atoms with Crippen molar-refractivity contribution in [2.45, 2.75) is 19.4 Å². The van der Waals surface area contributed by atoms with Gasteiger partial charge in [0.15, 0.2) is 0 Å². The smallest absolute Gasteiger partial charge is 0.247 e. The normalized spacial score (nSPS) is 19.9. The number of rotatable bonds is 4. The predicted octanol–water partition coefficient (Wildman–Crippen LogP) is 2.27. The van der Waals surface area contributed by atoms with Crippen LogP contribution in [-0.4, -0.2) is 25.2 Å². The molecule has 0 aromatic heterocycles. The molecule has 1 fully saturated rings. The summed E-state index contributed by atoms with van der Waals surface area (Å²) in [4.78, 5) is 12.1. The molecule has 1 amide bonds. The quantitative estimate of drug-likeness (QED) is 0.865. The minimum atomic E-state index is -0.545. The van der Waals surface area contributed by atoms with Gasteiger partial charge in [0.25, 0.3) is 0 Å². The highest BCUT2D eigenvalue weighted by Crippen LogP contribution is 2.17. The molecule has 2 unspecified atom stereocenters. The molecule has 2 atom stereocenters. The summed E-state index contributed by atoms with van der Waals surface area (Å²) in [7, 11) is 0. The number of nitriles is 1. The van der Waals surface area contributed by atoms with Gasteiger partial charge in [-0.05, 0) is 37.1 Å². The Balaban J connectivity index is 2.01. The molecule has 0 radical (unpaired) electrons. The Bertz CT molecular complexity index is 569. The van der Waals surface area contributed by atoms with Crippen molar-refractivity contribution in [3.63, 3.8) is 0 Å². The molecule has 1 aromatic carbocycles. The zero-order valence-electron chi connectivity index (χ0n) is 11.8. The minimum Gasteiger partial charge on any atom is -0.381 e. The fourth-order valence-corrected chi connectivity index (χ4v) is 2.20. The maximum atomic E-state index is 12.8. The SMILES string of the molecule is CC(=Cc1ccc(F)cc1)C(=O)NC(C#N)C1CCOC1. The average Bonchev–Trinajstić information content (AvgIpc) is 3.01. The van der Waals surface area contributed by atoms with Crippen molar-refractivity contribution >= 4 is 12.0 Å². The second kappa shape index (κ2) is 7.00. The van der Waals surface area contributed by atoms with Crippen LogP contribution in [0.5, 0.6) is 0 Å². The van der Waals surface area contributed by atoms with Gasteiger partial charge in [-0.1, -0.05) is 12.1 Å². The third kappa shape index (κ3) is 4.14. The number of amides is 1. The lowest BCUT2D eigenvalue weighted by Gasteiger charge is -2.16. The van der Waals surface area contributed by atoms with Crippen molar-refractivity contribution < 1.29 is 13.9 Å². The molecular formula is C16H17FN2O2. The van der Waals surface area contributed by atoms with E-state index in [2.05, 4.69) is 11.4 Å². The van der Waals surface area contributed by atoms with E-state index in [0.29, 0.717) is 18.8 Å². The van der Waals surface area contributed by atoms with Crippen LogP contribution in [0.1, 0.15) is 18.9 Å². The Morgan fingerprint density at radius 3 is 2.81 bits per heavy atom. The molecule has 1 saturated heterocycles. The first-order valence-electron chi connectivity index (χ1n) is 6.82. The monoisotopic (exact) mass is 288 g/mol. The lowest BCUT2D eigenvalue weighted by molar-refractivity contribution is -0.118. The molecule has 1 aliphatic rings. The van der Waals surface area contributed by atoms with Crippen LogP contribution in [0.3, 0.4) is 0 Å². The van der Waals surface area contributed by atoms with E-state index in [0.717, 1.165) is 12.0 Å². The first-order chi connectivity index (χ1) is 10.1. The summed E-state index contributed by atoms with van der Waals surface area (Å²) in [6, 6.07) is 7.44. The number of hydrogen-bond donors (Lipinski definition) is 1. The van der Waals surface area contributed by atoms with Crippen LogP contribution in [0.25, 0.3) is 6.08 Å². The van der Waals surface area contributed by atoms with E-state index in [1.54, 1.807) is 25.1 Å². The Labute approximate surface area is 123 Å². The molecule has 1 aromatic rings. The zero-order chi connectivity index (χ0) is 15.2. The van der Waals surface area contributed by atoms with Gasteiger partial charge in [-0.3, -0.25) is 4.79 Å². The Morgan fingerprint density at radius 2 is 2.24 bits per heavy atom. The molecule has 110 valence electrons. The summed E-state index contributed by atoms with van der Waals surface area (Å²) in [5.74, 6) is -0.574. The molecule has 2 rings (SSSR count). The number of carbonyl (C=O) groups is 1. The standard InChI is InChI=1S/C16H17FN2O2/c1-11(8-12-2-4-14(17)5-3-12)16(20)19-15(9-18)13-6-7-21-10-13/h2-5,8,13,15H,6-7,10H2,1H3,(H,19,20). The molecule has 4 nitrogen and oxygen atoms in total. The number of hydrogen-bond acceptors (Lipinski definition) is 3. The lowest BCUT2D eigenvalue weighted by atomic mass is 10.00. The predicted molar refractivity (Wildman–Crippen MR) is 76.5 cm³/mol. The van der Waals surface area contributed by atoms with Gasteiger partial charge < -0.3 is 10.1 Å². The summed E-state index contributed by atoms with van der Waals surface area (Å²) < 4.78 is 18.1. The molecule has 5 heteroatoms. The molecule has 1 heterocycles. The first kappa shape index (κ1) is 15.2. The molecule has 1 N–H and O–H groups in total. The lowest BCUT2D eigenvalue weighted by Crippen LogP contribution is -2.39. The third-order valence-electron chi connectivity index (χ3n) is 3.47. The second-order valence-electron chi connectivity index (χ2n) is 5.08. The van der Waals surface area contributed by atoms with Gasteiger partial charge in [0.2, 0.25) is 5.91 Å². The highest BCUT2D eigenvalue weighted by molar-refractivity contribution is 5.97. The fourth-order valence-electron chi connectivity index (χ4n) is 2.20. The van der Waals surface area contributed by atoms with Crippen LogP contribution in [0, 0.1) is 23.1 Å². The summed E-state index contributed by atoms with van der Waals surface area (Å²) in [5, 5.41) is 11.9. The molecule has 0 bridgehead atoms. The molecule has 21 heavy (non-hydrogen) atoms. The Hall–Kier alpha value is -2.19. The molecular weight excluding hydrogens is 271 g/mol. The number of halogens is 1. The van der Waals surface area contributed by atoms with Crippen LogP contribution in [-0.2, 0) is 9.53 Å². The molecule has 0 saturated carbocycles. The van der Waals surface area contributed by atoms with Gasteiger partial charge in [-0.15, -0.1) is 0 Å². The summed E-state index contributed by atoms with van der Waals surface area (Å²) >= 11 is 0. The van der Waals surface area contributed by atoms with E-state index in [4.69, 9.17) is 10.00 Å². The first-order valence-corrected chi connectivity index (χ1v) is 6.82. The highest BCUT2D eigenvalue weighted by Gasteiger charge is 2.27. The van der Waals surface area contributed by atoms with E-state index in [9.17, 15) is 9.18 Å². The average molecular weight is 288 g/mol. The summed E-state index contributed by atoms with van der Waals surface area (Å²) in [6.07, 6.45) is 2.44. The third-order valence-corrected chi connectivity index (χ3v) is 3.47. The van der Waals surface area contributed by atoms with Crippen LogP contribution in [0.15, 0.2) is 29.8 Å². The largest absolute Gasteiger partial charge is 0.381 e. The van der Waals surface area contributed by atoms with E-state index in [1.807, 2.05) is 0 Å². The molecule has 0 aliphatic carbocycles. The van der Waals surface area contributed by atoms with Crippen LogP contribution >= 0.6 is 0 Å². The summed E-state index contributed by atoms with van der Waals surface area (Å²) in [5.41, 5.74) is 1.21. The number of ether oxygens (including phenoxy) is 1. The topological polar surface area (TPSA) is 62.1 Å². The molecule has 1 aliphatic heterocycles. The van der Waals surface area contributed by atoms with Crippen molar-refractivity contribution in [2.75, 3.05) is 13.2 Å².